The van der Waals surface area contributed by atoms with Crippen LogP contribution in [0, 0.1) is 6.42 Å². The first kappa shape index (κ1) is 16.0. The van der Waals surface area contributed by atoms with E-state index >= 15 is 0 Å². The molecule has 1 atom stereocenters. The molecule has 3 rings (SSSR count). The number of carbonyl (C=O) groups is 1. The van der Waals surface area contributed by atoms with Crippen molar-refractivity contribution in [3.8, 4) is 0 Å². The lowest BCUT2D eigenvalue weighted by atomic mass is 10.0. The van der Waals surface area contributed by atoms with Gasteiger partial charge in [-0.3, -0.25) is 10.2 Å². The summed E-state index contributed by atoms with van der Waals surface area (Å²) in [6.45, 7) is 7.44. The Morgan fingerprint density at radius 1 is 1.14 bits per heavy atom. The van der Waals surface area contributed by atoms with Gasteiger partial charge in [0.25, 0.3) is 0 Å². The van der Waals surface area contributed by atoms with Crippen molar-refractivity contribution in [2.24, 2.45) is 0 Å². The third-order valence-corrected chi connectivity index (χ3v) is 5.25. The highest BCUT2D eigenvalue weighted by molar-refractivity contribution is 5.74. The summed E-state index contributed by atoms with van der Waals surface area (Å²) in [6, 6.07) is 0.767. The first-order valence-electron chi connectivity index (χ1n) is 8.75. The van der Waals surface area contributed by atoms with Gasteiger partial charge >= 0.3 is 6.03 Å². The summed E-state index contributed by atoms with van der Waals surface area (Å²) in [5, 5.41) is 6.46. The van der Waals surface area contributed by atoms with Crippen LogP contribution in [0.3, 0.4) is 0 Å². The lowest BCUT2D eigenvalue weighted by molar-refractivity contribution is 0.0741. The fourth-order valence-corrected chi connectivity index (χ4v) is 3.70. The molecule has 3 heterocycles. The van der Waals surface area contributed by atoms with Crippen molar-refractivity contribution in [1.82, 2.24) is 25.3 Å². The predicted molar refractivity (Wildman–Crippen MR) is 87.5 cm³/mol. The maximum absolute atomic E-state index is 12.3. The van der Waals surface area contributed by atoms with Crippen LogP contribution in [0.1, 0.15) is 25.7 Å². The van der Waals surface area contributed by atoms with Crippen LogP contribution < -0.4 is 10.6 Å². The summed E-state index contributed by atoms with van der Waals surface area (Å²) in [5.74, 6) is 0. The molecular formula is C16H30N5O. The van der Waals surface area contributed by atoms with Gasteiger partial charge in [0, 0.05) is 45.3 Å². The second kappa shape index (κ2) is 7.62. The van der Waals surface area contributed by atoms with E-state index in [0.717, 1.165) is 45.3 Å². The van der Waals surface area contributed by atoms with E-state index in [1.165, 1.54) is 26.2 Å². The third kappa shape index (κ3) is 4.12. The molecule has 3 fully saturated rings. The number of hydrogen-bond acceptors (Lipinski definition) is 4. The number of amides is 2. The Balaban J connectivity index is 1.40. The highest BCUT2D eigenvalue weighted by atomic mass is 16.2. The average molecular weight is 308 g/mol. The monoisotopic (exact) mass is 308 g/mol. The zero-order valence-corrected chi connectivity index (χ0v) is 13.8. The molecule has 3 saturated heterocycles. The molecular weight excluding hydrogens is 278 g/mol. The van der Waals surface area contributed by atoms with Gasteiger partial charge in [-0.25, -0.2) is 4.79 Å². The molecule has 3 aliphatic rings. The number of rotatable bonds is 2. The van der Waals surface area contributed by atoms with Crippen LogP contribution in [0.2, 0.25) is 0 Å². The third-order valence-electron chi connectivity index (χ3n) is 5.25. The van der Waals surface area contributed by atoms with E-state index in [1.807, 2.05) is 4.90 Å². The molecule has 0 bridgehead atoms. The number of piperazine rings is 1. The Labute approximate surface area is 134 Å². The van der Waals surface area contributed by atoms with Crippen LogP contribution in [-0.4, -0.2) is 85.8 Å². The van der Waals surface area contributed by atoms with Crippen LogP contribution >= 0.6 is 0 Å². The molecule has 2 N–H and O–H groups in total. The van der Waals surface area contributed by atoms with E-state index in [4.69, 9.17) is 0 Å². The summed E-state index contributed by atoms with van der Waals surface area (Å²) in [4.78, 5) is 19.3. The van der Waals surface area contributed by atoms with Crippen molar-refractivity contribution in [3.05, 3.63) is 6.42 Å². The van der Waals surface area contributed by atoms with E-state index in [-0.39, 0.29) is 12.2 Å². The first-order chi connectivity index (χ1) is 10.7. The maximum Gasteiger partial charge on any atom is 0.318 e. The Kier molecular flexibility index (Phi) is 5.55. The average Bonchev–Trinajstić information content (AvgIpc) is 2.57. The van der Waals surface area contributed by atoms with E-state index in [0.29, 0.717) is 6.04 Å². The molecule has 0 spiro atoms. The van der Waals surface area contributed by atoms with Gasteiger partial charge in [0.05, 0.1) is 6.17 Å². The van der Waals surface area contributed by atoms with Crippen LogP contribution in [0.25, 0.3) is 0 Å². The normalized spacial score (nSPS) is 29.5. The van der Waals surface area contributed by atoms with Crippen molar-refractivity contribution < 1.29 is 4.79 Å². The van der Waals surface area contributed by atoms with Crippen LogP contribution in [0.15, 0.2) is 0 Å². The quantitative estimate of drug-likeness (QED) is 0.771. The van der Waals surface area contributed by atoms with Crippen molar-refractivity contribution in [1.29, 1.82) is 0 Å². The molecule has 0 aromatic heterocycles. The minimum atomic E-state index is 0.102. The number of piperidine rings is 2. The van der Waals surface area contributed by atoms with Gasteiger partial charge in [-0.1, -0.05) is 0 Å². The van der Waals surface area contributed by atoms with E-state index in [9.17, 15) is 4.79 Å². The Bertz CT molecular complexity index is 356. The second-order valence-electron chi connectivity index (χ2n) is 6.83. The van der Waals surface area contributed by atoms with Gasteiger partial charge in [0.2, 0.25) is 0 Å². The van der Waals surface area contributed by atoms with Crippen LogP contribution in [-0.2, 0) is 0 Å². The van der Waals surface area contributed by atoms with Crippen LogP contribution in [0.4, 0.5) is 4.79 Å². The summed E-state index contributed by atoms with van der Waals surface area (Å²) in [6.07, 6.45) is 6.63. The lowest BCUT2D eigenvalue weighted by Crippen LogP contribution is -2.56. The number of nitrogens with one attached hydrogen (secondary N) is 2. The van der Waals surface area contributed by atoms with Crippen molar-refractivity contribution in [2.75, 3.05) is 52.9 Å². The number of hydrogen-bond donors (Lipinski definition) is 2. The number of likely N-dealkylation sites (tertiary alicyclic amines) is 1. The SMILES string of the molecule is CN1CCN(C2CCN(C(=O)NC3C[CH]CCN3)CC2)CC1. The standard InChI is InChI=1S/C16H30N5O/c1-19-10-12-20(13-11-19)14-5-8-21(9-6-14)16(22)18-15-4-2-3-7-17-15/h2,14-15,17H,3-13H2,1H3,(H,18,22). The minimum Gasteiger partial charge on any atom is -0.325 e. The molecule has 0 aliphatic carbocycles. The molecule has 0 aromatic carbocycles. The highest BCUT2D eigenvalue weighted by Gasteiger charge is 2.29. The fourth-order valence-electron chi connectivity index (χ4n) is 3.70. The molecule has 125 valence electrons. The van der Waals surface area contributed by atoms with E-state index < -0.39 is 0 Å². The molecule has 1 radical (unpaired) electrons. The van der Waals surface area contributed by atoms with Gasteiger partial charge in [-0.2, -0.15) is 0 Å². The summed E-state index contributed by atoms with van der Waals surface area (Å²) >= 11 is 0. The number of likely N-dealkylation sites (N-methyl/N-ethyl adjacent to an activating group) is 1. The molecule has 22 heavy (non-hydrogen) atoms. The lowest BCUT2D eigenvalue weighted by Gasteiger charge is -2.42. The molecule has 1 unspecified atom stereocenters. The van der Waals surface area contributed by atoms with E-state index in [1.54, 1.807) is 0 Å². The Hall–Kier alpha value is -0.850. The molecule has 3 aliphatic heterocycles. The topological polar surface area (TPSA) is 50.9 Å². The molecule has 6 nitrogen and oxygen atoms in total. The molecule has 2 amide bonds. The number of carbonyl (C=O) groups excluding carboxylic acids is 1. The van der Waals surface area contributed by atoms with Crippen molar-refractivity contribution >= 4 is 6.03 Å². The number of nitrogens with zero attached hydrogens (tertiary/aromatic N) is 3. The molecule has 6 heteroatoms. The van der Waals surface area contributed by atoms with Crippen molar-refractivity contribution in [2.45, 2.75) is 37.9 Å². The predicted octanol–water partition coefficient (Wildman–Crippen LogP) is 0.322. The summed E-state index contributed by atoms with van der Waals surface area (Å²) < 4.78 is 0. The second-order valence-corrected chi connectivity index (χ2v) is 6.83. The van der Waals surface area contributed by atoms with Crippen LogP contribution in [0.5, 0.6) is 0 Å². The van der Waals surface area contributed by atoms with E-state index in [2.05, 4.69) is 33.9 Å². The largest absolute Gasteiger partial charge is 0.325 e. The van der Waals surface area contributed by atoms with Gasteiger partial charge in [-0.15, -0.1) is 0 Å². The van der Waals surface area contributed by atoms with Gasteiger partial charge in [0.15, 0.2) is 0 Å². The zero-order valence-electron chi connectivity index (χ0n) is 13.8. The Morgan fingerprint density at radius 2 is 1.86 bits per heavy atom. The summed E-state index contributed by atoms with van der Waals surface area (Å²) in [7, 11) is 2.20. The smallest absolute Gasteiger partial charge is 0.318 e. The maximum atomic E-state index is 12.3. The molecule has 0 saturated carbocycles. The Morgan fingerprint density at radius 3 is 2.50 bits per heavy atom. The first-order valence-corrected chi connectivity index (χ1v) is 8.75. The fraction of sp³-hybridized carbons (Fsp3) is 0.875. The number of urea groups is 1. The van der Waals surface area contributed by atoms with Crippen molar-refractivity contribution in [3.63, 3.8) is 0 Å². The highest BCUT2D eigenvalue weighted by Crippen LogP contribution is 2.18. The molecule has 0 aromatic rings. The van der Waals surface area contributed by atoms with Gasteiger partial charge < -0.3 is 15.1 Å². The zero-order chi connectivity index (χ0) is 15.4. The minimum absolute atomic E-state index is 0.102. The summed E-state index contributed by atoms with van der Waals surface area (Å²) in [5.41, 5.74) is 0. The van der Waals surface area contributed by atoms with Gasteiger partial charge in [0.1, 0.15) is 0 Å². The van der Waals surface area contributed by atoms with Gasteiger partial charge in [-0.05, 0) is 45.7 Å².